The van der Waals surface area contributed by atoms with Crippen molar-refractivity contribution in [2.75, 3.05) is 11.4 Å². The first-order chi connectivity index (χ1) is 7.18. The normalized spacial score (nSPS) is 15.4. The number of nitrogens with zero attached hydrogens (tertiary/aromatic N) is 1. The van der Waals surface area contributed by atoms with Crippen molar-refractivity contribution >= 4 is 21.6 Å². The summed E-state index contributed by atoms with van der Waals surface area (Å²) in [4.78, 5) is 2.27. The molecular weight excluding hydrogens is 250 g/mol. The summed E-state index contributed by atoms with van der Waals surface area (Å²) in [7, 11) is 0. The molecule has 1 aliphatic rings. The maximum Gasteiger partial charge on any atom is 0.0450 e. The van der Waals surface area contributed by atoms with E-state index in [1.807, 2.05) is 0 Å². The van der Waals surface area contributed by atoms with Crippen LogP contribution < -0.4 is 4.90 Å². The first kappa shape index (κ1) is 10.5. The molecule has 1 aromatic carbocycles. The first-order valence-electron chi connectivity index (χ1n) is 5.05. The van der Waals surface area contributed by atoms with Crippen molar-refractivity contribution in [3.63, 3.8) is 0 Å². The van der Waals surface area contributed by atoms with Crippen molar-refractivity contribution in [2.45, 2.75) is 13.8 Å². The summed E-state index contributed by atoms with van der Waals surface area (Å²) in [6.45, 7) is 5.21. The second-order valence-electron chi connectivity index (χ2n) is 3.81. The summed E-state index contributed by atoms with van der Waals surface area (Å²) in [5, 5.41) is 0. The van der Waals surface area contributed by atoms with Crippen molar-refractivity contribution in [2.24, 2.45) is 0 Å². The summed E-state index contributed by atoms with van der Waals surface area (Å²) in [6, 6.07) is 6.31. The number of allylic oxidation sites excluding steroid dienone is 2. The predicted molar refractivity (Wildman–Crippen MR) is 69.1 cm³/mol. The minimum absolute atomic E-state index is 0.953. The molecule has 78 valence electrons. The molecule has 1 nitrogen and oxygen atoms in total. The molecular formula is C13H14BrN. The maximum atomic E-state index is 3.56. The minimum Gasteiger partial charge on any atom is -0.344 e. The van der Waals surface area contributed by atoms with E-state index in [9.17, 15) is 0 Å². The average Bonchev–Trinajstić information content (AvgIpc) is 2.22. The van der Waals surface area contributed by atoms with Gasteiger partial charge in [0.05, 0.1) is 0 Å². The van der Waals surface area contributed by atoms with Gasteiger partial charge in [-0.3, -0.25) is 0 Å². The standard InChI is InChI=1S/C13H14BrN/c1-10-5-4-8-15(9-10)13-7-3-6-12(14)11(13)2/h3-7,9H,8H2,1-2H3. The fourth-order valence-corrected chi connectivity index (χ4v) is 2.12. The van der Waals surface area contributed by atoms with Gasteiger partial charge in [0.25, 0.3) is 0 Å². The molecule has 0 radical (unpaired) electrons. The van der Waals surface area contributed by atoms with Crippen molar-refractivity contribution in [3.8, 4) is 0 Å². The number of hydrogen-bond acceptors (Lipinski definition) is 1. The lowest BCUT2D eigenvalue weighted by Gasteiger charge is -2.24. The van der Waals surface area contributed by atoms with E-state index < -0.39 is 0 Å². The molecule has 0 atom stereocenters. The Hall–Kier alpha value is -1.02. The second-order valence-corrected chi connectivity index (χ2v) is 4.67. The molecule has 0 aromatic heterocycles. The largest absolute Gasteiger partial charge is 0.344 e. The van der Waals surface area contributed by atoms with Crippen molar-refractivity contribution < 1.29 is 0 Å². The minimum atomic E-state index is 0.953. The molecule has 15 heavy (non-hydrogen) atoms. The van der Waals surface area contributed by atoms with Crippen molar-refractivity contribution in [1.29, 1.82) is 0 Å². The van der Waals surface area contributed by atoms with Crippen LogP contribution in [0.15, 0.2) is 46.6 Å². The van der Waals surface area contributed by atoms with E-state index in [-0.39, 0.29) is 0 Å². The molecule has 0 fully saturated rings. The summed E-state index contributed by atoms with van der Waals surface area (Å²) in [6.07, 6.45) is 6.54. The third kappa shape index (κ3) is 2.15. The number of anilines is 1. The van der Waals surface area contributed by atoms with E-state index in [4.69, 9.17) is 0 Å². The van der Waals surface area contributed by atoms with E-state index >= 15 is 0 Å². The summed E-state index contributed by atoms with van der Waals surface area (Å²) >= 11 is 3.56. The maximum absolute atomic E-state index is 3.56. The van der Waals surface area contributed by atoms with E-state index in [2.05, 4.69) is 71.2 Å². The summed E-state index contributed by atoms with van der Waals surface area (Å²) in [5.41, 5.74) is 3.85. The third-order valence-corrected chi connectivity index (χ3v) is 3.45. The Labute approximate surface area is 99.2 Å². The van der Waals surface area contributed by atoms with Gasteiger partial charge in [-0.15, -0.1) is 0 Å². The Morgan fingerprint density at radius 3 is 2.80 bits per heavy atom. The Morgan fingerprint density at radius 2 is 2.07 bits per heavy atom. The molecule has 0 aliphatic carbocycles. The zero-order valence-electron chi connectivity index (χ0n) is 9.00. The number of hydrogen-bond donors (Lipinski definition) is 0. The topological polar surface area (TPSA) is 3.24 Å². The molecule has 0 bridgehead atoms. The van der Waals surface area contributed by atoms with Crippen molar-refractivity contribution in [1.82, 2.24) is 0 Å². The fraction of sp³-hybridized carbons (Fsp3) is 0.231. The molecule has 1 heterocycles. The number of benzene rings is 1. The van der Waals surface area contributed by atoms with Gasteiger partial charge in [0.15, 0.2) is 0 Å². The van der Waals surface area contributed by atoms with Crippen molar-refractivity contribution in [3.05, 3.63) is 52.2 Å². The Kier molecular flexibility index (Phi) is 2.96. The van der Waals surface area contributed by atoms with Gasteiger partial charge in [-0.25, -0.2) is 0 Å². The third-order valence-electron chi connectivity index (χ3n) is 2.59. The zero-order valence-corrected chi connectivity index (χ0v) is 10.6. The fourth-order valence-electron chi connectivity index (χ4n) is 1.77. The SMILES string of the molecule is CC1=CN(c2cccc(Br)c2C)CC=C1. The van der Waals surface area contributed by atoms with Crippen LogP contribution in [0.2, 0.25) is 0 Å². The lowest BCUT2D eigenvalue weighted by atomic mass is 10.1. The summed E-state index contributed by atoms with van der Waals surface area (Å²) < 4.78 is 1.17. The Bertz CT molecular complexity index is 432. The van der Waals surface area contributed by atoms with Gasteiger partial charge in [-0.1, -0.05) is 34.1 Å². The van der Waals surface area contributed by atoms with E-state index in [0.717, 1.165) is 6.54 Å². The smallest absolute Gasteiger partial charge is 0.0450 e. The molecule has 1 aliphatic heterocycles. The molecule has 0 unspecified atom stereocenters. The highest BCUT2D eigenvalue weighted by molar-refractivity contribution is 9.10. The predicted octanol–water partition coefficient (Wildman–Crippen LogP) is 4.04. The van der Waals surface area contributed by atoms with Gasteiger partial charge in [0.2, 0.25) is 0 Å². The quantitative estimate of drug-likeness (QED) is 0.740. The highest BCUT2D eigenvalue weighted by Gasteiger charge is 2.09. The van der Waals surface area contributed by atoms with E-state index in [1.165, 1.54) is 21.3 Å². The van der Waals surface area contributed by atoms with Gasteiger partial charge in [-0.2, -0.15) is 0 Å². The molecule has 0 saturated carbocycles. The Morgan fingerprint density at radius 1 is 1.27 bits per heavy atom. The molecule has 0 spiro atoms. The van der Waals surface area contributed by atoms with Gasteiger partial charge in [-0.05, 0) is 37.1 Å². The van der Waals surface area contributed by atoms with Crippen LogP contribution in [0, 0.1) is 6.92 Å². The molecule has 2 heteroatoms. The highest BCUT2D eigenvalue weighted by atomic mass is 79.9. The summed E-state index contributed by atoms with van der Waals surface area (Å²) in [5.74, 6) is 0. The lowest BCUT2D eigenvalue weighted by molar-refractivity contribution is 1.04. The van der Waals surface area contributed by atoms with Gasteiger partial charge < -0.3 is 4.90 Å². The van der Waals surface area contributed by atoms with Crippen LogP contribution in [0.5, 0.6) is 0 Å². The second kappa shape index (κ2) is 4.23. The Balaban J connectivity index is 2.38. The van der Waals surface area contributed by atoms with Crippen LogP contribution in [-0.4, -0.2) is 6.54 Å². The van der Waals surface area contributed by atoms with Crippen LogP contribution in [-0.2, 0) is 0 Å². The number of halogens is 1. The van der Waals surface area contributed by atoms with Crippen LogP contribution in [0.3, 0.4) is 0 Å². The molecule has 0 amide bonds. The van der Waals surface area contributed by atoms with Crippen LogP contribution >= 0.6 is 15.9 Å². The van der Waals surface area contributed by atoms with E-state index in [1.54, 1.807) is 0 Å². The highest BCUT2D eigenvalue weighted by Crippen LogP contribution is 2.28. The van der Waals surface area contributed by atoms with E-state index in [0.29, 0.717) is 0 Å². The van der Waals surface area contributed by atoms with Gasteiger partial charge in [0, 0.05) is 22.9 Å². The molecule has 1 aromatic rings. The molecule has 0 N–H and O–H groups in total. The monoisotopic (exact) mass is 263 g/mol. The zero-order chi connectivity index (χ0) is 10.8. The average molecular weight is 264 g/mol. The first-order valence-corrected chi connectivity index (χ1v) is 5.84. The lowest BCUT2D eigenvalue weighted by Crippen LogP contribution is -2.19. The number of rotatable bonds is 1. The molecule has 2 rings (SSSR count). The van der Waals surface area contributed by atoms with Crippen LogP contribution in [0.1, 0.15) is 12.5 Å². The van der Waals surface area contributed by atoms with Gasteiger partial charge in [0.1, 0.15) is 0 Å². The van der Waals surface area contributed by atoms with Crippen LogP contribution in [0.4, 0.5) is 5.69 Å². The van der Waals surface area contributed by atoms with Gasteiger partial charge >= 0.3 is 0 Å². The van der Waals surface area contributed by atoms with Crippen LogP contribution in [0.25, 0.3) is 0 Å². The molecule has 0 saturated heterocycles.